The van der Waals surface area contributed by atoms with E-state index in [4.69, 9.17) is 4.74 Å². The smallest absolute Gasteiger partial charge is 0.259 e. The van der Waals surface area contributed by atoms with E-state index in [9.17, 15) is 14.0 Å². The number of nitrogens with one attached hydrogen (secondary N) is 1. The monoisotopic (exact) mass is 449 g/mol. The number of hydrogen-bond donors (Lipinski definition) is 1. The zero-order chi connectivity index (χ0) is 20.1. The Hall–Kier alpha value is -2.48. The van der Waals surface area contributed by atoms with Gasteiger partial charge < -0.3 is 15.0 Å². The summed E-state index contributed by atoms with van der Waals surface area (Å²) in [6.07, 6.45) is 3.04. The van der Waals surface area contributed by atoms with Crippen molar-refractivity contribution in [1.82, 2.24) is 15.2 Å². The van der Waals surface area contributed by atoms with E-state index in [1.54, 1.807) is 17.0 Å². The Morgan fingerprint density at radius 2 is 2.21 bits per heavy atom. The summed E-state index contributed by atoms with van der Waals surface area (Å²) in [6.45, 7) is 3.37. The van der Waals surface area contributed by atoms with Gasteiger partial charge in [0, 0.05) is 25.8 Å². The summed E-state index contributed by atoms with van der Waals surface area (Å²) in [5, 5.41) is 2.82. The molecule has 0 spiro atoms. The molecule has 2 amide bonds. The zero-order valence-corrected chi connectivity index (χ0v) is 17.0. The quantitative estimate of drug-likeness (QED) is 0.753. The molecular weight excluding hydrogens is 429 g/mol. The molecule has 2 heterocycles. The predicted octanol–water partition coefficient (Wildman–Crippen LogP) is 3.76. The van der Waals surface area contributed by atoms with Crippen molar-refractivity contribution < 1.29 is 18.7 Å². The minimum absolute atomic E-state index is 0.0297. The molecular formula is C20H21BrFN3O3. The molecule has 1 saturated heterocycles. The maximum absolute atomic E-state index is 13.3. The van der Waals surface area contributed by atoms with Crippen LogP contribution in [0.1, 0.15) is 30.1 Å². The molecule has 3 rings (SSSR count). The van der Waals surface area contributed by atoms with Crippen LogP contribution in [0.4, 0.5) is 4.39 Å². The number of amides is 2. The number of likely N-dealkylation sites (tertiary alicyclic amines) is 1. The van der Waals surface area contributed by atoms with Gasteiger partial charge in [-0.15, -0.1) is 0 Å². The fourth-order valence-corrected chi connectivity index (χ4v) is 3.59. The maximum Gasteiger partial charge on any atom is 0.259 e. The van der Waals surface area contributed by atoms with Crippen LogP contribution in [0.15, 0.2) is 41.0 Å². The molecule has 6 nitrogen and oxygen atoms in total. The molecule has 0 aliphatic carbocycles. The molecule has 0 radical (unpaired) electrons. The third kappa shape index (κ3) is 4.67. The second-order valence-corrected chi connectivity index (χ2v) is 7.37. The number of rotatable bonds is 5. The molecule has 1 aliphatic heterocycles. The highest BCUT2D eigenvalue weighted by Gasteiger charge is 2.30. The number of benzene rings is 1. The molecule has 28 heavy (non-hydrogen) atoms. The third-order valence-electron chi connectivity index (χ3n) is 4.53. The highest BCUT2D eigenvalue weighted by molar-refractivity contribution is 9.10. The van der Waals surface area contributed by atoms with Crippen LogP contribution in [0.25, 0.3) is 0 Å². The van der Waals surface area contributed by atoms with Gasteiger partial charge in [0.15, 0.2) is 0 Å². The Morgan fingerprint density at radius 1 is 1.39 bits per heavy atom. The maximum atomic E-state index is 13.3. The van der Waals surface area contributed by atoms with Gasteiger partial charge in [0.25, 0.3) is 5.91 Å². The van der Waals surface area contributed by atoms with Gasteiger partial charge in [-0.3, -0.25) is 9.59 Å². The number of carbonyl (C=O) groups is 2. The van der Waals surface area contributed by atoms with Crippen LogP contribution in [-0.4, -0.2) is 41.3 Å². The number of pyridine rings is 1. The van der Waals surface area contributed by atoms with Crippen molar-refractivity contribution in [3.8, 4) is 11.6 Å². The largest absolute Gasteiger partial charge is 0.437 e. The average Bonchev–Trinajstić information content (AvgIpc) is 2.70. The summed E-state index contributed by atoms with van der Waals surface area (Å²) in [6, 6.07) is 7.31. The molecule has 1 atom stereocenters. The summed E-state index contributed by atoms with van der Waals surface area (Å²) >= 11 is 3.25. The molecule has 2 aromatic rings. The second-order valence-electron chi connectivity index (χ2n) is 6.52. The number of ether oxygens (including phenoxy) is 1. The van der Waals surface area contributed by atoms with Gasteiger partial charge in [-0.05, 0) is 66.0 Å². The van der Waals surface area contributed by atoms with Crippen molar-refractivity contribution in [3.05, 3.63) is 52.4 Å². The lowest BCUT2D eigenvalue weighted by atomic mass is 9.96. The predicted molar refractivity (Wildman–Crippen MR) is 106 cm³/mol. The minimum Gasteiger partial charge on any atom is -0.437 e. The van der Waals surface area contributed by atoms with Gasteiger partial charge >= 0.3 is 0 Å². The fourth-order valence-electron chi connectivity index (χ4n) is 3.16. The Balaban J connectivity index is 1.79. The Labute approximate surface area is 171 Å². The summed E-state index contributed by atoms with van der Waals surface area (Å²) in [4.78, 5) is 31.1. The summed E-state index contributed by atoms with van der Waals surface area (Å²) in [5.74, 6) is -0.396. The first kappa shape index (κ1) is 20.3. The van der Waals surface area contributed by atoms with Gasteiger partial charge in [-0.1, -0.05) is 0 Å². The number of carbonyl (C=O) groups excluding carboxylic acids is 2. The number of piperidine rings is 1. The zero-order valence-electron chi connectivity index (χ0n) is 15.5. The van der Waals surface area contributed by atoms with Crippen LogP contribution in [0.2, 0.25) is 0 Å². The molecule has 1 fully saturated rings. The average molecular weight is 450 g/mol. The molecule has 1 aromatic carbocycles. The molecule has 1 N–H and O–H groups in total. The number of nitrogens with zero attached hydrogens (tertiary/aromatic N) is 2. The molecule has 1 aromatic heterocycles. The van der Waals surface area contributed by atoms with E-state index in [1.165, 1.54) is 24.4 Å². The van der Waals surface area contributed by atoms with Crippen LogP contribution in [0, 0.1) is 11.7 Å². The highest BCUT2D eigenvalue weighted by atomic mass is 79.9. The molecule has 8 heteroatoms. The summed E-state index contributed by atoms with van der Waals surface area (Å²) < 4.78 is 19.5. The van der Waals surface area contributed by atoms with Crippen molar-refractivity contribution in [2.24, 2.45) is 5.92 Å². The lowest BCUT2D eigenvalue weighted by Gasteiger charge is -2.32. The highest BCUT2D eigenvalue weighted by Crippen LogP contribution is 2.31. The summed E-state index contributed by atoms with van der Waals surface area (Å²) in [5.41, 5.74) is 0.301. The number of aromatic nitrogens is 1. The second kappa shape index (κ2) is 9.14. The first-order valence-electron chi connectivity index (χ1n) is 9.14. The van der Waals surface area contributed by atoms with Crippen LogP contribution in [-0.2, 0) is 4.79 Å². The number of halogens is 2. The van der Waals surface area contributed by atoms with E-state index in [0.717, 1.165) is 12.8 Å². The van der Waals surface area contributed by atoms with Gasteiger partial charge in [-0.25, -0.2) is 9.37 Å². The third-order valence-corrected chi connectivity index (χ3v) is 5.15. The van der Waals surface area contributed by atoms with Gasteiger partial charge in [0.05, 0.1) is 10.4 Å². The Morgan fingerprint density at radius 3 is 2.96 bits per heavy atom. The number of hydrogen-bond acceptors (Lipinski definition) is 4. The van der Waals surface area contributed by atoms with Crippen molar-refractivity contribution in [2.75, 3.05) is 19.6 Å². The van der Waals surface area contributed by atoms with Crippen LogP contribution in [0.5, 0.6) is 11.6 Å². The van der Waals surface area contributed by atoms with E-state index in [1.807, 2.05) is 6.92 Å². The van der Waals surface area contributed by atoms with Crippen LogP contribution in [0.3, 0.4) is 0 Å². The van der Waals surface area contributed by atoms with Crippen molar-refractivity contribution in [3.63, 3.8) is 0 Å². The van der Waals surface area contributed by atoms with Crippen LogP contribution >= 0.6 is 15.9 Å². The topological polar surface area (TPSA) is 71.5 Å². The van der Waals surface area contributed by atoms with Gasteiger partial charge in [-0.2, -0.15) is 0 Å². The molecule has 148 valence electrons. The Kier molecular flexibility index (Phi) is 6.61. The van der Waals surface area contributed by atoms with Crippen LogP contribution < -0.4 is 10.1 Å². The van der Waals surface area contributed by atoms with Crippen molar-refractivity contribution in [1.29, 1.82) is 0 Å². The molecule has 1 aliphatic rings. The molecule has 0 bridgehead atoms. The Bertz CT molecular complexity index is 878. The molecule has 0 saturated carbocycles. The van der Waals surface area contributed by atoms with E-state index in [2.05, 4.69) is 26.2 Å². The fraction of sp³-hybridized carbons (Fsp3) is 0.350. The first-order chi connectivity index (χ1) is 13.5. The van der Waals surface area contributed by atoms with Crippen molar-refractivity contribution >= 4 is 27.7 Å². The van der Waals surface area contributed by atoms with Gasteiger partial charge in [0.2, 0.25) is 11.8 Å². The minimum atomic E-state index is -0.402. The molecule has 1 unspecified atom stereocenters. The van der Waals surface area contributed by atoms with Crippen molar-refractivity contribution in [2.45, 2.75) is 19.8 Å². The first-order valence-corrected chi connectivity index (χ1v) is 9.93. The lowest BCUT2D eigenvalue weighted by molar-refractivity contribution is -0.126. The van der Waals surface area contributed by atoms with E-state index in [-0.39, 0.29) is 23.6 Å². The SMILES string of the molecule is CCNC(=O)C1CCCN(C(=O)c2cccnc2Oc2ccc(F)cc2Br)C1. The van der Waals surface area contributed by atoms with Gasteiger partial charge in [0.1, 0.15) is 17.1 Å². The van der Waals surface area contributed by atoms with E-state index >= 15 is 0 Å². The normalized spacial score (nSPS) is 16.5. The van der Waals surface area contributed by atoms with E-state index < -0.39 is 5.82 Å². The summed E-state index contributed by atoms with van der Waals surface area (Å²) in [7, 11) is 0. The standard InChI is InChI=1S/C20H21BrFN3O3/c1-2-23-18(26)13-5-4-10-25(12-13)20(27)15-6-3-9-24-19(15)28-17-8-7-14(22)11-16(17)21/h3,6-9,11,13H,2,4-5,10,12H2,1H3,(H,23,26). The lowest BCUT2D eigenvalue weighted by Crippen LogP contribution is -2.45. The van der Waals surface area contributed by atoms with E-state index in [0.29, 0.717) is 35.4 Å².